The summed E-state index contributed by atoms with van der Waals surface area (Å²) in [5, 5.41) is 2.67. The van der Waals surface area contributed by atoms with Crippen LogP contribution in [0.4, 0.5) is 5.69 Å². The fourth-order valence-corrected chi connectivity index (χ4v) is 5.12. The molecule has 1 atom stereocenters. The third-order valence-corrected chi connectivity index (χ3v) is 7.50. The first-order valence-corrected chi connectivity index (χ1v) is 14.1. The molecule has 0 saturated carbocycles. The van der Waals surface area contributed by atoms with Crippen molar-refractivity contribution in [2.75, 3.05) is 24.2 Å². The molecule has 3 aromatic carbocycles. The van der Waals surface area contributed by atoms with E-state index < -0.39 is 28.5 Å². The molecule has 0 saturated heterocycles. The topological polar surface area (TPSA) is 86.8 Å². The van der Waals surface area contributed by atoms with Crippen LogP contribution >= 0.6 is 15.9 Å². The van der Waals surface area contributed by atoms with Gasteiger partial charge in [0.2, 0.25) is 21.8 Å². The third kappa shape index (κ3) is 7.18. The average Bonchev–Trinajstić information content (AvgIpc) is 2.85. The Bertz CT molecular complexity index is 1300. The number of para-hydroxylation sites is 1. The number of benzene rings is 3. The predicted molar refractivity (Wildman–Crippen MR) is 146 cm³/mol. The lowest BCUT2D eigenvalue weighted by Crippen LogP contribution is -2.53. The van der Waals surface area contributed by atoms with Crippen molar-refractivity contribution in [2.45, 2.75) is 25.9 Å². The van der Waals surface area contributed by atoms with E-state index in [1.807, 2.05) is 60.7 Å². The minimum absolute atomic E-state index is 0.141. The number of nitrogens with one attached hydrogen (secondary N) is 1. The maximum absolute atomic E-state index is 13.8. The van der Waals surface area contributed by atoms with Crippen LogP contribution in [0.25, 0.3) is 0 Å². The quantitative estimate of drug-likeness (QED) is 0.399. The standard InChI is InChI=1S/C27H30BrN3O4S/c1-20-9-7-8-12-24(20)31(36(3,34)35)19-26(32)30(18-22-13-15-23(28)16-14-22)25(27(33)29-2)17-21-10-5-4-6-11-21/h4-16,25H,17-19H2,1-3H3,(H,29,33)/t25-/m1/s1. The van der Waals surface area contributed by atoms with Crippen molar-refractivity contribution in [1.82, 2.24) is 10.2 Å². The smallest absolute Gasteiger partial charge is 0.244 e. The number of carbonyl (C=O) groups is 2. The van der Waals surface area contributed by atoms with Crippen LogP contribution in [-0.2, 0) is 32.6 Å². The Morgan fingerprint density at radius 2 is 1.53 bits per heavy atom. The van der Waals surface area contributed by atoms with E-state index in [2.05, 4.69) is 21.2 Å². The maximum atomic E-state index is 13.8. The van der Waals surface area contributed by atoms with Crippen LogP contribution in [0.1, 0.15) is 16.7 Å². The summed E-state index contributed by atoms with van der Waals surface area (Å²) < 4.78 is 27.5. The number of aryl methyl sites for hydroxylation is 1. The van der Waals surface area contributed by atoms with Crippen molar-refractivity contribution >= 4 is 43.5 Å². The lowest BCUT2D eigenvalue weighted by molar-refractivity contribution is -0.139. The van der Waals surface area contributed by atoms with Gasteiger partial charge in [-0.1, -0.05) is 76.6 Å². The van der Waals surface area contributed by atoms with Gasteiger partial charge in [0.25, 0.3) is 0 Å². The monoisotopic (exact) mass is 571 g/mol. The molecule has 9 heteroatoms. The molecule has 0 heterocycles. The van der Waals surface area contributed by atoms with Gasteiger partial charge in [0, 0.05) is 24.5 Å². The Kier molecular flexibility index (Phi) is 9.28. The highest BCUT2D eigenvalue weighted by molar-refractivity contribution is 9.10. The maximum Gasteiger partial charge on any atom is 0.244 e. The molecular weight excluding hydrogens is 542 g/mol. The Morgan fingerprint density at radius 1 is 0.917 bits per heavy atom. The predicted octanol–water partition coefficient (Wildman–Crippen LogP) is 3.91. The first kappa shape index (κ1) is 27.4. The first-order chi connectivity index (χ1) is 17.1. The summed E-state index contributed by atoms with van der Waals surface area (Å²) in [6.45, 7) is 1.51. The number of anilines is 1. The van der Waals surface area contributed by atoms with Crippen molar-refractivity contribution in [1.29, 1.82) is 0 Å². The fraction of sp³-hybridized carbons (Fsp3) is 0.259. The molecule has 0 aliphatic heterocycles. The summed E-state index contributed by atoms with van der Waals surface area (Å²) in [6.07, 6.45) is 1.36. The number of hydrogen-bond donors (Lipinski definition) is 1. The molecule has 0 unspecified atom stereocenters. The van der Waals surface area contributed by atoms with Crippen LogP contribution < -0.4 is 9.62 Å². The SMILES string of the molecule is CNC(=O)[C@@H](Cc1ccccc1)N(Cc1ccc(Br)cc1)C(=O)CN(c1ccccc1C)S(C)(=O)=O. The van der Waals surface area contributed by atoms with E-state index in [1.165, 1.54) is 11.9 Å². The van der Waals surface area contributed by atoms with Crippen LogP contribution in [0.3, 0.4) is 0 Å². The van der Waals surface area contributed by atoms with Crippen molar-refractivity contribution in [3.63, 3.8) is 0 Å². The molecule has 7 nitrogen and oxygen atoms in total. The first-order valence-electron chi connectivity index (χ1n) is 11.4. The van der Waals surface area contributed by atoms with Gasteiger partial charge in [-0.2, -0.15) is 0 Å². The van der Waals surface area contributed by atoms with Gasteiger partial charge in [0.15, 0.2) is 0 Å². The summed E-state index contributed by atoms with van der Waals surface area (Å²) in [7, 11) is -2.25. The van der Waals surface area contributed by atoms with Crippen LogP contribution in [0, 0.1) is 6.92 Å². The summed E-state index contributed by atoms with van der Waals surface area (Å²) in [5.74, 6) is -0.803. The highest BCUT2D eigenvalue weighted by atomic mass is 79.9. The molecule has 0 bridgehead atoms. The molecule has 3 rings (SSSR count). The molecule has 0 radical (unpaired) electrons. The zero-order valence-electron chi connectivity index (χ0n) is 20.5. The minimum atomic E-state index is -3.78. The van der Waals surface area contributed by atoms with Gasteiger partial charge in [-0.25, -0.2) is 8.42 Å². The van der Waals surface area contributed by atoms with Gasteiger partial charge in [-0.3, -0.25) is 13.9 Å². The molecule has 0 aliphatic carbocycles. The summed E-state index contributed by atoms with van der Waals surface area (Å²) in [5.41, 5.74) is 2.85. The van der Waals surface area contributed by atoms with Gasteiger partial charge < -0.3 is 10.2 Å². The second kappa shape index (κ2) is 12.2. The molecule has 2 amide bonds. The number of carbonyl (C=O) groups excluding carboxylic acids is 2. The lowest BCUT2D eigenvalue weighted by atomic mass is 10.0. The van der Waals surface area contributed by atoms with Gasteiger partial charge >= 0.3 is 0 Å². The minimum Gasteiger partial charge on any atom is -0.357 e. The number of nitrogens with zero attached hydrogens (tertiary/aromatic N) is 2. The van der Waals surface area contributed by atoms with Gasteiger partial charge in [-0.15, -0.1) is 0 Å². The highest BCUT2D eigenvalue weighted by Crippen LogP contribution is 2.23. The number of rotatable bonds is 10. The largest absolute Gasteiger partial charge is 0.357 e. The Hall–Kier alpha value is -3.17. The summed E-state index contributed by atoms with van der Waals surface area (Å²) in [6, 6.07) is 23.0. The van der Waals surface area contributed by atoms with Crippen LogP contribution in [0.5, 0.6) is 0 Å². The molecule has 0 fully saturated rings. The Balaban J connectivity index is 2.03. The third-order valence-electron chi connectivity index (χ3n) is 5.85. The van der Waals surface area contributed by atoms with Crippen LogP contribution in [-0.4, -0.2) is 51.0 Å². The van der Waals surface area contributed by atoms with Crippen LogP contribution in [0.15, 0.2) is 83.3 Å². The van der Waals surface area contributed by atoms with E-state index in [1.54, 1.807) is 25.1 Å². The molecule has 1 N–H and O–H groups in total. The molecule has 3 aromatic rings. The van der Waals surface area contributed by atoms with Gasteiger partial charge in [0.05, 0.1) is 11.9 Å². The van der Waals surface area contributed by atoms with Crippen molar-refractivity contribution < 1.29 is 18.0 Å². The number of likely N-dealkylation sites (N-methyl/N-ethyl adjacent to an activating group) is 1. The Morgan fingerprint density at radius 3 is 2.11 bits per heavy atom. The number of amides is 2. The van der Waals surface area contributed by atoms with Gasteiger partial charge in [-0.05, 0) is 41.8 Å². The van der Waals surface area contributed by atoms with Crippen molar-refractivity contribution in [2.24, 2.45) is 0 Å². The molecule has 0 aliphatic rings. The molecule has 0 aromatic heterocycles. The fourth-order valence-electron chi connectivity index (χ4n) is 3.95. The zero-order chi connectivity index (χ0) is 26.3. The molecular formula is C27H30BrN3O4S. The summed E-state index contributed by atoms with van der Waals surface area (Å²) >= 11 is 3.42. The van der Waals surface area contributed by atoms with E-state index in [0.29, 0.717) is 5.69 Å². The van der Waals surface area contributed by atoms with E-state index >= 15 is 0 Å². The van der Waals surface area contributed by atoms with Gasteiger partial charge in [0.1, 0.15) is 12.6 Å². The van der Waals surface area contributed by atoms with Crippen molar-refractivity contribution in [3.05, 3.63) is 100 Å². The number of hydrogen-bond acceptors (Lipinski definition) is 4. The molecule has 36 heavy (non-hydrogen) atoms. The van der Waals surface area contributed by atoms with E-state index in [0.717, 1.165) is 31.7 Å². The lowest BCUT2D eigenvalue weighted by Gasteiger charge is -2.33. The zero-order valence-corrected chi connectivity index (χ0v) is 22.9. The number of halogens is 1. The normalized spacial score (nSPS) is 12.0. The second-order valence-electron chi connectivity index (χ2n) is 8.52. The van der Waals surface area contributed by atoms with E-state index in [4.69, 9.17) is 0 Å². The molecule has 190 valence electrons. The second-order valence-corrected chi connectivity index (χ2v) is 11.3. The van der Waals surface area contributed by atoms with Crippen molar-refractivity contribution in [3.8, 4) is 0 Å². The van der Waals surface area contributed by atoms with Crippen LogP contribution in [0.2, 0.25) is 0 Å². The summed E-state index contributed by atoms with van der Waals surface area (Å²) in [4.78, 5) is 28.4. The van der Waals surface area contributed by atoms with E-state index in [-0.39, 0.29) is 18.9 Å². The highest BCUT2D eigenvalue weighted by Gasteiger charge is 2.32. The Labute approximate surface area is 221 Å². The van der Waals surface area contributed by atoms with E-state index in [9.17, 15) is 18.0 Å². The molecule has 0 spiro atoms. The number of sulfonamides is 1. The average molecular weight is 573 g/mol.